The Labute approximate surface area is 137 Å². The van der Waals surface area contributed by atoms with Crippen molar-refractivity contribution >= 4 is 6.21 Å². The second-order valence-electron chi connectivity index (χ2n) is 5.65. The Morgan fingerprint density at radius 2 is 1.96 bits per heavy atom. The number of H-pyrrole nitrogens is 1. The van der Waals surface area contributed by atoms with E-state index >= 15 is 0 Å². The molecule has 0 saturated heterocycles. The molecule has 0 unspecified atom stereocenters. The van der Waals surface area contributed by atoms with Crippen LogP contribution in [0.4, 0.5) is 4.39 Å². The highest BCUT2D eigenvalue weighted by Crippen LogP contribution is 2.15. The summed E-state index contributed by atoms with van der Waals surface area (Å²) in [4.78, 5) is 31.4. The summed E-state index contributed by atoms with van der Waals surface area (Å²) in [6.45, 7) is 1.43. The highest BCUT2D eigenvalue weighted by atomic mass is 19.1. The third kappa shape index (κ3) is 4.17. The van der Waals surface area contributed by atoms with Crippen LogP contribution in [-0.2, 0) is 0 Å². The van der Waals surface area contributed by atoms with Crippen LogP contribution in [0.5, 0.6) is 5.88 Å². The zero-order valence-corrected chi connectivity index (χ0v) is 13.5. The molecular formula is C16H20FN4O3+. The van der Waals surface area contributed by atoms with E-state index in [9.17, 15) is 19.1 Å². The average Bonchev–Trinajstić information content (AvgIpc) is 2.51. The van der Waals surface area contributed by atoms with Gasteiger partial charge in [-0.2, -0.15) is 0 Å². The number of aliphatic imine (C=N–C) groups is 1. The topological polar surface area (TPSA) is 91.9 Å². The van der Waals surface area contributed by atoms with Crippen molar-refractivity contribution in [2.75, 3.05) is 27.2 Å². The summed E-state index contributed by atoms with van der Waals surface area (Å²) < 4.78 is 13.9. The van der Waals surface area contributed by atoms with Crippen LogP contribution >= 0.6 is 0 Å². The van der Waals surface area contributed by atoms with Gasteiger partial charge in [0.25, 0.3) is 5.56 Å². The minimum absolute atomic E-state index is 0.115. The molecule has 7 nitrogen and oxygen atoms in total. The second-order valence-corrected chi connectivity index (χ2v) is 5.65. The minimum atomic E-state index is -0.808. The van der Waals surface area contributed by atoms with Gasteiger partial charge in [0.2, 0.25) is 5.88 Å². The summed E-state index contributed by atoms with van der Waals surface area (Å²) in [5.74, 6) is -1.00. The molecule has 0 fully saturated rings. The molecule has 0 aliphatic carbocycles. The lowest BCUT2D eigenvalue weighted by molar-refractivity contribution is -0.858. The van der Waals surface area contributed by atoms with Crippen molar-refractivity contribution in [2.45, 2.75) is 6.42 Å². The molecule has 0 saturated carbocycles. The van der Waals surface area contributed by atoms with Crippen molar-refractivity contribution in [1.29, 1.82) is 0 Å². The van der Waals surface area contributed by atoms with Crippen molar-refractivity contribution < 1.29 is 14.4 Å². The summed E-state index contributed by atoms with van der Waals surface area (Å²) >= 11 is 0. The van der Waals surface area contributed by atoms with E-state index in [2.05, 4.69) is 9.98 Å². The normalized spacial score (nSPS) is 11.5. The zero-order chi connectivity index (χ0) is 17.7. The van der Waals surface area contributed by atoms with E-state index in [1.807, 2.05) is 14.1 Å². The summed E-state index contributed by atoms with van der Waals surface area (Å²) in [6.07, 6.45) is 2.08. The van der Waals surface area contributed by atoms with Gasteiger partial charge in [-0.05, 0) is 24.3 Å². The molecule has 0 bridgehead atoms. The number of nitrogens with zero attached hydrogens (tertiary/aromatic N) is 2. The predicted octanol–water partition coefficient (Wildman–Crippen LogP) is -0.676. The molecule has 1 heterocycles. The molecular weight excluding hydrogens is 315 g/mol. The molecule has 0 aliphatic rings. The Kier molecular flexibility index (Phi) is 5.64. The van der Waals surface area contributed by atoms with Gasteiger partial charge in [0.15, 0.2) is 0 Å². The molecule has 2 rings (SSSR count). The lowest BCUT2D eigenvalue weighted by atomic mass is 10.3. The molecule has 24 heavy (non-hydrogen) atoms. The quantitative estimate of drug-likeness (QED) is 0.483. The largest absolute Gasteiger partial charge is 0.493 e. The van der Waals surface area contributed by atoms with E-state index in [0.717, 1.165) is 29.7 Å². The monoisotopic (exact) mass is 335 g/mol. The predicted molar refractivity (Wildman–Crippen MR) is 89.0 cm³/mol. The van der Waals surface area contributed by atoms with E-state index in [1.165, 1.54) is 23.2 Å². The van der Waals surface area contributed by atoms with Crippen LogP contribution in [0.2, 0.25) is 0 Å². The van der Waals surface area contributed by atoms with Crippen molar-refractivity contribution in [3.05, 3.63) is 56.5 Å². The van der Waals surface area contributed by atoms with Gasteiger partial charge in [0.05, 0.1) is 26.3 Å². The molecule has 3 N–H and O–H groups in total. The zero-order valence-electron chi connectivity index (χ0n) is 13.5. The average molecular weight is 335 g/mol. The molecule has 0 amide bonds. The number of benzene rings is 1. The van der Waals surface area contributed by atoms with Crippen LogP contribution in [0, 0.1) is 5.82 Å². The van der Waals surface area contributed by atoms with Crippen molar-refractivity contribution in [3.63, 3.8) is 0 Å². The maximum Gasteiger partial charge on any atom is 0.335 e. The first-order valence-corrected chi connectivity index (χ1v) is 7.53. The van der Waals surface area contributed by atoms with Crippen LogP contribution in [0.3, 0.4) is 0 Å². The lowest BCUT2D eigenvalue weighted by Gasteiger charge is -2.09. The van der Waals surface area contributed by atoms with E-state index in [-0.39, 0.29) is 11.3 Å². The van der Waals surface area contributed by atoms with Crippen LogP contribution in [0.15, 0.2) is 38.8 Å². The van der Waals surface area contributed by atoms with E-state index in [4.69, 9.17) is 0 Å². The maximum absolute atomic E-state index is 13.0. The number of aromatic hydroxyl groups is 1. The summed E-state index contributed by atoms with van der Waals surface area (Å²) in [7, 11) is 4.05. The number of rotatable bonds is 6. The summed E-state index contributed by atoms with van der Waals surface area (Å²) in [5.41, 5.74) is -1.41. The highest BCUT2D eigenvalue weighted by molar-refractivity contribution is 5.82. The van der Waals surface area contributed by atoms with Gasteiger partial charge in [0.1, 0.15) is 11.4 Å². The number of hydrogen-bond donors (Lipinski definition) is 3. The fourth-order valence-electron chi connectivity index (χ4n) is 2.16. The Hall–Kier alpha value is -2.74. The van der Waals surface area contributed by atoms with Crippen LogP contribution in [0.25, 0.3) is 5.69 Å². The summed E-state index contributed by atoms with van der Waals surface area (Å²) in [5, 5.41) is 10.3. The third-order valence-electron chi connectivity index (χ3n) is 3.39. The van der Waals surface area contributed by atoms with Gasteiger partial charge < -0.3 is 10.0 Å². The van der Waals surface area contributed by atoms with Crippen LogP contribution < -0.4 is 16.1 Å². The SMILES string of the molecule is C[NH+](C)CCCN=Cc1c(O)n(-c2ccc(F)cc2)c(=O)[nH]c1=O. The Balaban J connectivity index is 2.34. The van der Waals surface area contributed by atoms with E-state index in [0.29, 0.717) is 6.54 Å². The standard InChI is InChI=1S/C16H19FN4O3/c1-20(2)9-3-8-18-10-13-14(22)19-16(24)21(15(13)23)12-6-4-11(17)5-7-12/h4-7,10,23H,3,8-9H2,1-2H3,(H,19,22,24)/p+1. The van der Waals surface area contributed by atoms with Gasteiger partial charge in [0, 0.05) is 19.2 Å². The lowest BCUT2D eigenvalue weighted by Crippen LogP contribution is -3.05. The Morgan fingerprint density at radius 3 is 2.58 bits per heavy atom. The van der Waals surface area contributed by atoms with Gasteiger partial charge in [-0.3, -0.25) is 14.8 Å². The highest BCUT2D eigenvalue weighted by Gasteiger charge is 2.14. The first kappa shape index (κ1) is 17.6. The molecule has 2 aromatic rings. The van der Waals surface area contributed by atoms with Gasteiger partial charge in [-0.1, -0.05) is 0 Å². The molecule has 1 aromatic carbocycles. The van der Waals surface area contributed by atoms with E-state index < -0.39 is 22.9 Å². The van der Waals surface area contributed by atoms with E-state index in [1.54, 1.807) is 0 Å². The number of halogens is 1. The maximum atomic E-state index is 13.0. The second kappa shape index (κ2) is 7.69. The first-order valence-electron chi connectivity index (χ1n) is 7.53. The fraction of sp³-hybridized carbons (Fsp3) is 0.312. The van der Waals surface area contributed by atoms with Gasteiger partial charge in [-0.15, -0.1) is 0 Å². The Morgan fingerprint density at radius 1 is 1.29 bits per heavy atom. The molecule has 0 aliphatic heterocycles. The summed E-state index contributed by atoms with van der Waals surface area (Å²) in [6, 6.07) is 4.97. The molecule has 8 heteroatoms. The number of aromatic amines is 1. The molecule has 0 radical (unpaired) electrons. The Bertz CT molecular complexity index is 838. The van der Waals surface area contributed by atoms with Crippen molar-refractivity contribution in [1.82, 2.24) is 9.55 Å². The third-order valence-corrected chi connectivity index (χ3v) is 3.39. The smallest absolute Gasteiger partial charge is 0.335 e. The van der Waals surface area contributed by atoms with Crippen LogP contribution in [0.1, 0.15) is 12.0 Å². The van der Waals surface area contributed by atoms with Crippen LogP contribution in [-0.4, -0.2) is 48.1 Å². The van der Waals surface area contributed by atoms with Gasteiger partial charge >= 0.3 is 5.69 Å². The molecule has 1 aromatic heterocycles. The number of quaternary nitrogens is 1. The number of aromatic nitrogens is 2. The molecule has 0 atom stereocenters. The minimum Gasteiger partial charge on any atom is -0.493 e. The first-order chi connectivity index (χ1) is 11.4. The fourth-order valence-corrected chi connectivity index (χ4v) is 2.16. The van der Waals surface area contributed by atoms with Crippen molar-refractivity contribution in [2.24, 2.45) is 4.99 Å². The number of nitrogens with one attached hydrogen (secondary N) is 2. The molecule has 0 spiro atoms. The number of hydrogen-bond acceptors (Lipinski definition) is 4. The molecule has 128 valence electrons. The van der Waals surface area contributed by atoms with Crippen molar-refractivity contribution in [3.8, 4) is 11.6 Å². The van der Waals surface area contributed by atoms with Gasteiger partial charge in [-0.25, -0.2) is 13.8 Å².